The molecule has 0 spiro atoms. The predicted molar refractivity (Wildman–Crippen MR) is 151 cm³/mol. The lowest BCUT2D eigenvalue weighted by Gasteiger charge is -2.17. The normalized spacial score (nSPS) is 11.5. The fourth-order valence-electron chi connectivity index (χ4n) is 3.58. The van der Waals surface area contributed by atoms with Crippen LogP contribution in [0.25, 0.3) is 11.3 Å². The molecule has 0 aliphatic heterocycles. The van der Waals surface area contributed by atoms with Crippen molar-refractivity contribution in [3.8, 4) is 11.3 Å². The summed E-state index contributed by atoms with van der Waals surface area (Å²) in [4.78, 5) is 41.0. The number of carboxylic acid groups (broad SMARTS) is 1. The van der Waals surface area contributed by atoms with Gasteiger partial charge in [-0.05, 0) is 42.3 Å². The number of benzene rings is 3. The van der Waals surface area contributed by atoms with Crippen LogP contribution in [0.15, 0.2) is 72.8 Å². The first-order valence-electron chi connectivity index (χ1n) is 12.1. The number of H-pyrrole nitrogens is 1. The summed E-state index contributed by atoms with van der Waals surface area (Å²) in [7, 11) is 1.28. The number of nitrogens with zero attached hydrogens (tertiary/aromatic N) is 1. The molecule has 1 aromatic heterocycles. The van der Waals surface area contributed by atoms with Crippen LogP contribution in [0.1, 0.15) is 27.8 Å². The highest BCUT2D eigenvalue weighted by atomic mass is 35.5. The van der Waals surface area contributed by atoms with Gasteiger partial charge in [-0.15, -0.1) is 0 Å². The Balaban J connectivity index is 0.000000646. The van der Waals surface area contributed by atoms with Crippen molar-refractivity contribution in [3.05, 3.63) is 106 Å². The van der Waals surface area contributed by atoms with E-state index in [0.29, 0.717) is 29.2 Å². The molecule has 0 radical (unpaired) electrons. The average Bonchev–Trinajstić information content (AvgIpc) is 3.36. The summed E-state index contributed by atoms with van der Waals surface area (Å²) in [5, 5.41) is 13.0. The van der Waals surface area contributed by atoms with Crippen molar-refractivity contribution >= 4 is 46.9 Å². The van der Waals surface area contributed by atoms with Gasteiger partial charge in [-0.3, -0.25) is 10.1 Å². The molecule has 4 rings (SSSR count). The minimum atomic E-state index is -5.08. The SMILES string of the molecule is COC(=O)Nc1ccc(-c2nc([C@H](Cc3ccccc3)NC(=O)c3cc(Cl)ccc3F)[nH]c2Cl)cc1.O=C(O)C(F)(F)F. The summed E-state index contributed by atoms with van der Waals surface area (Å²) < 4.78 is 50.7. The third kappa shape index (κ3) is 9.45. The van der Waals surface area contributed by atoms with Crippen LogP contribution >= 0.6 is 23.2 Å². The van der Waals surface area contributed by atoms with Crippen molar-refractivity contribution in [1.82, 2.24) is 15.3 Å². The molecule has 1 heterocycles. The Labute approximate surface area is 251 Å². The topological polar surface area (TPSA) is 133 Å². The number of aromatic amines is 1. The zero-order valence-corrected chi connectivity index (χ0v) is 23.5. The summed E-state index contributed by atoms with van der Waals surface area (Å²) in [5.41, 5.74) is 2.44. The Hall–Kier alpha value is -4.62. The number of methoxy groups -OCH3 is 1. The highest BCUT2D eigenvalue weighted by Crippen LogP contribution is 2.30. The smallest absolute Gasteiger partial charge is 0.475 e. The fraction of sp³-hybridized carbons (Fsp3) is 0.143. The molecule has 0 aliphatic rings. The molecule has 43 heavy (non-hydrogen) atoms. The Morgan fingerprint density at radius 3 is 2.23 bits per heavy atom. The first-order chi connectivity index (χ1) is 20.3. The van der Waals surface area contributed by atoms with Gasteiger partial charge in [0.2, 0.25) is 0 Å². The molecule has 2 amide bonds. The zero-order valence-electron chi connectivity index (χ0n) is 22.0. The second-order valence-corrected chi connectivity index (χ2v) is 9.44. The Morgan fingerprint density at radius 1 is 1.02 bits per heavy atom. The standard InChI is InChI=1S/C26H21Cl2FN4O3.C2HF3O2/c1-36-26(35)30-18-10-7-16(8-11-18)22-23(28)33-24(32-22)21(13-15-5-3-2-4-6-15)31-25(34)19-14-17(27)9-12-20(19)29;3-2(4,5)1(6)7/h2-12,14,21H,13H2,1H3,(H,30,35)(H,31,34)(H,32,33);(H,6,7)/t21-;/m0./s1. The van der Waals surface area contributed by atoms with E-state index in [9.17, 15) is 27.2 Å². The van der Waals surface area contributed by atoms with E-state index in [0.717, 1.165) is 11.6 Å². The van der Waals surface area contributed by atoms with Gasteiger partial charge in [0.05, 0.1) is 18.7 Å². The highest BCUT2D eigenvalue weighted by Gasteiger charge is 2.38. The number of nitrogens with one attached hydrogen (secondary N) is 3. The van der Waals surface area contributed by atoms with E-state index in [-0.39, 0.29) is 15.7 Å². The summed E-state index contributed by atoms with van der Waals surface area (Å²) >= 11 is 12.4. The van der Waals surface area contributed by atoms with Crippen LogP contribution in [-0.4, -0.2) is 46.3 Å². The number of rotatable bonds is 7. The molecule has 0 aliphatic carbocycles. The van der Waals surface area contributed by atoms with E-state index < -0.39 is 36.0 Å². The fourth-order valence-corrected chi connectivity index (χ4v) is 4.00. The minimum absolute atomic E-state index is 0.174. The number of imidazole rings is 1. The number of carboxylic acids is 1. The molecule has 15 heteroatoms. The van der Waals surface area contributed by atoms with Crippen molar-refractivity contribution in [2.24, 2.45) is 0 Å². The third-order valence-electron chi connectivity index (χ3n) is 5.60. The van der Waals surface area contributed by atoms with Crippen molar-refractivity contribution < 1.29 is 41.8 Å². The number of carbonyl (C=O) groups is 3. The van der Waals surface area contributed by atoms with Crippen molar-refractivity contribution in [2.45, 2.75) is 18.6 Å². The lowest BCUT2D eigenvalue weighted by Crippen LogP contribution is -2.31. The monoisotopic (exact) mass is 640 g/mol. The molecule has 1 atom stereocenters. The van der Waals surface area contributed by atoms with Crippen molar-refractivity contribution in [3.63, 3.8) is 0 Å². The van der Waals surface area contributed by atoms with E-state index >= 15 is 0 Å². The van der Waals surface area contributed by atoms with Gasteiger partial charge in [0.25, 0.3) is 5.91 Å². The molecule has 3 aromatic carbocycles. The van der Waals surface area contributed by atoms with Crippen LogP contribution in [0.3, 0.4) is 0 Å². The summed E-state index contributed by atoms with van der Waals surface area (Å²) in [5.74, 6) is -3.68. The Morgan fingerprint density at radius 2 is 1.65 bits per heavy atom. The third-order valence-corrected chi connectivity index (χ3v) is 6.11. The molecule has 4 N–H and O–H groups in total. The molecule has 0 saturated carbocycles. The maximum atomic E-state index is 14.3. The van der Waals surface area contributed by atoms with Gasteiger partial charge in [0.1, 0.15) is 22.5 Å². The maximum Gasteiger partial charge on any atom is 0.490 e. The number of alkyl halides is 3. The zero-order chi connectivity index (χ0) is 31.7. The summed E-state index contributed by atoms with van der Waals surface area (Å²) in [6.45, 7) is 0. The van der Waals surface area contributed by atoms with Gasteiger partial charge < -0.3 is 20.1 Å². The molecule has 0 unspecified atom stereocenters. The maximum absolute atomic E-state index is 14.3. The number of ether oxygens (including phenoxy) is 1. The molecule has 9 nitrogen and oxygen atoms in total. The number of aromatic nitrogens is 2. The van der Waals surface area contributed by atoms with Gasteiger partial charge in [0, 0.05) is 16.3 Å². The number of hydrogen-bond acceptors (Lipinski definition) is 5. The Kier molecular flexibility index (Phi) is 11.1. The van der Waals surface area contributed by atoms with Crippen LogP contribution in [0, 0.1) is 5.82 Å². The largest absolute Gasteiger partial charge is 0.490 e. The number of amides is 2. The number of aliphatic carboxylic acids is 1. The molecule has 4 aromatic rings. The van der Waals surface area contributed by atoms with E-state index in [2.05, 4.69) is 25.3 Å². The quantitative estimate of drug-likeness (QED) is 0.160. The predicted octanol–water partition coefficient (Wildman–Crippen LogP) is 7.05. The highest BCUT2D eigenvalue weighted by molar-refractivity contribution is 6.32. The van der Waals surface area contributed by atoms with E-state index in [1.807, 2.05) is 30.3 Å². The van der Waals surface area contributed by atoms with Crippen LogP contribution < -0.4 is 10.6 Å². The number of carbonyl (C=O) groups excluding carboxylic acids is 2. The van der Waals surface area contributed by atoms with E-state index in [1.165, 1.54) is 19.2 Å². The molecular formula is C28H22Cl2F4N4O5. The lowest BCUT2D eigenvalue weighted by atomic mass is 10.0. The van der Waals surface area contributed by atoms with Gasteiger partial charge >= 0.3 is 18.2 Å². The molecule has 0 saturated heterocycles. The van der Waals surface area contributed by atoms with Crippen LogP contribution in [0.4, 0.5) is 28.0 Å². The molecular weight excluding hydrogens is 619 g/mol. The van der Waals surface area contributed by atoms with Crippen LogP contribution in [0.5, 0.6) is 0 Å². The first-order valence-corrected chi connectivity index (χ1v) is 12.8. The first kappa shape index (κ1) is 32.9. The number of halogens is 6. The van der Waals surface area contributed by atoms with Gasteiger partial charge in [0.15, 0.2) is 0 Å². The van der Waals surface area contributed by atoms with Gasteiger partial charge in [-0.25, -0.2) is 19.0 Å². The molecule has 226 valence electrons. The van der Waals surface area contributed by atoms with Gasteiger partial charge in [-0.2, -0.15) is 13.2 Å². The van der Waals surface area contributed by atoms with Crippen LogP contribution in [-0.2, 0) is 16.0 Å². The second-order valence-electron chi connectivity index (χ2n) is 8.62. The minimum Gasteiger partial charge on any atom is -0.475 e. The molecule has 0 fully saturated rings. The Bertz CT molecular complexity index is 1580. The average molecular weight is 641 g/mol. The van der Waals surface area contributed by atoms with Crippen molar-refractivity contribution in [2.75, 3.05) is 12.4 Å². The lowest BCUT2D eigenvalue weighted by molar-refractivity contribution is -0.192. The van der Waals surface area contributed by atoms with E-state index in [4.69, 9.17) is 33.1 Å². The number of hydrogen-bond donors (Lipinski definition) is 4. The van der Waals surface area contributed by atoms with E-state index in [1.54, 1.807) is 24.3 Å². The van der Waals surface area contributed by atoms with Crippen LogP contribution in [0.2, 0.25) is 10.2 Å². The number of anilines is 1. The summed E-state index contributed by atoms with van der Waals surface area (Å²) in [6.07, 6.45) is -5.29. The van der Waals surface area contributed by atoms with Crippen molar-refractivity contribution in [1.29, 1.82) is 0 Å². The second kappa shape index (κ2) is 14.5. The molecule has 0 bridgehead atoms. The van der Waals surface area contributed by atoms with Gasteiger partial charge in [-0.1, -0.05) is 65.7 Å². The summed E-state index contributed by atoms with van der Waals surface area (Å²) in [6, 6.07) is 19.5.